The van der Waals surface area contributed by atoms with Crippen LogP contribution in [0.3, 0.4) is 0 Å². The van der Waals surface area contributed by atoms with Crippen molar-refractivity contribution in [2.75, 3.05) is 19.6 Å². The second-order valence-corrected chi connectivity index (χ2v) is 5.68. The van der Waals surface area contributed by atoms with Crippen LogP contribution in [-0.2, 0) is 4.79 Å². The van der Waals surface area contributed by atoms with E-state index in [1.54, 1.807) is 0 Å². The van der Waals surface area contributed by atoms with Crippen LogP contribution in [0, 0.1) is 5.92 Å². The summed E-state index contributed by atoms with van der Waals surface area (Å²) in [6.07, 6.45) is 4.85. The van der Waals surface area contributed by atoms with Crippen LogP contribution < -0.4 is 11.1 Å². The lowest BCUT2D eigenvalue weighted by molar-refractivity contribution is -0.124. The van der Waals surface area contributed by atoms with E-state index in [4.69, 9.17) is 5.73 Å². The molecule has 0 aromatic heterocycles. The van der Waals surface area contributed by atoms with E-state index >= 15 is 0 Å². The second-order valence-electron chi connectivity index (χ2n) is 5.68. The molecule has 0 aromatic rings. The predicted molar refractivity (Wildman–Crippen MR) is 75.3 cm³/mol. The molecular weight excluding hydrogens is 226 g/mol. The SMILES string of the molecule is CC[C@H](C)[C@H](N)C(=O)NC(C)CN1CCCCC1. The van der Waals surface area contributed by atoms with Crippen LogP contribution in [0.15, 0.2) is 0 Å². The van der Waals surface area contributed by atoms with Gasteiger partial charge in [-0.05, 0) is 38.8 Å². The van der Waals surface area contributed by atoms with Crippen molar-refractivity contribution in [1.82, 2.24) is 10.2 Å². The Morgan fingerprint density at radius 3 is 2.44 bits per heavy atom. The second kappa shape index (κ2) is 7.74. The highest BCUT2D eigenvalue weighted by Gasteiger charge is 2.21. The van der Waals surface area contributed by atoms with Gasteiger partial charge in [0.2, 0.25) is 5.91 Å². The minimum absolute atomic E-state index is 0.00569. The molecule has 18 heavy (non-hydrogen) atoms. The van der Waals surface area contributed by atoms with Crippen LogP contribution in [-0.4, -0.2) is 42.5 Å². The average molecular weight is 255 g/mol. The minimum Gasteiger partial charge on any atom is -0.351 e. The molecule has 4 nitrogen and oxygen atoms in total. The van der Waals surface area contributed by atoms with Gasteiger partial charge in [0.1, 0.15) is 0 Å². The Labute approximate surface area is 111 Å². The predicted octanol–water partition coefficient (Wildman–Crippen LogP) is 1.35. The van der Waals surface area contributed by atoms with Crippen LogP contribution in [0.1, 0.15) is 46.5 Å². The van der Waals surface area contributed by atoms with E-state index in [9.17, 15) is 4.79 Å². The Morgan fingerprint density at radius 2 is 1.89 bits per heavy atom. The molecule has 1 fully saturated rings. The zero-order valence-corrected chi connectivity index (χ0v) is 12.1. The van der Waals surface area contributed by atoms with E-state index in [0.717, 1.165) is 26.1 Å². The summed E-state index contributed by atoms with van der Waals surface area (Å²) in [6, 6.07) is -0.190. The molecule has 0 radical (unpaired) electrons. The zero-order chi connectivity index (χ0) is 13.5. The van der Waals surface area contributed by atoms with E-state index in [1.807, 2.05) is 6.92 Å². The Balaban J connectivity index is 2.29. The van der Waals surface area contributed by atoms with Crippen LogP contribution in [0.5, 0.6) is 0 Å². The maximum Gasteiger partial charge on any atom is 0.237 e. The Bertz CT molecular complexity index is 251. The number of carbonyl (C=O) groups is 1. The maximum absolute atomic E-state index is 11.9. The van der Waals surface area contributed by atoms with Gasteiger partial charge in [0.25, 0.3) is 0 Å². The number of nitrogens with one attached hydrogen (secondary N) is 1. The molecule has 3 atom stereocenters. The van der Waals surface area contributed by atoms with Crippen molar-refractivity contribution in [3.8, 4) is 0 Å². The normalized spacial score (nSPS) is 22.2. The fourth-order valence-electron chi connectivity index (χ4n) is 2.43. The largest absolute Gasteiger partial charge is 0.351 e. The van der Waals surface area contributed by atoms with Gasteiger partial charge in [-0.2, -0.15) is 0 Å². The highest BCUT2D eigenvalue weighted by molar-refractivity contribution is 5.82. The summed E-state index contributed by atoms with van der Waals surface area (Å²) in [4.78, 5) is 14.4. The number of hydrogen-bond donors (Lipinski definition) is 2. The maximum atomic E-state index is 11.9. The van der Waals surface area contributed by atoms with Gasteiger partial charge in [-0.1, -0.05) is 26.7 Å². The third kappa shape index (κ3) is 4.94. The number of hydrogen-bond acceptors (Lipinski definition) is 3. The van der Waals surface area contributed by atoms with Gasteiger partial charge in [0, 0.05) is 12.6 Å². The monoisotopic (exact) mass is 255 g/mol. The first kappa shape index (κ1) is 15.4. The molecule has 1 aliphatic rings. The van der Waals surface area contributed by atoms with Crippen LogP contribution in [0.25, 0.3) is 0 Å². The molecule has 0 aromatic carbocycles. The molecule has 106 valence electrons. The first-order chi connectivity index (χ1) is 8.54. The first-order valence-electron chi connectivity index (χ1n) is 7.33. The summed E-state index contributed by atoms with van der Waals surface area (Å²) in [6.45, 7) is 9.43. The van der Waals surface area contributed by atoms with Crippen molar-refractivity contribution in [3.63, 3.8) is 0 Å². The molecule has 4 heteroatoms. The van der Waals surface area contributed by atoms with Crippen molar-refractivity contribution in [2.24, 2.45) is 11.7 Å². The van der Waals surface area contributed by atoms with E-state index in [0.29, 0.717) is 0 Å². The minimum atomic E-state index is -0.376. The quantitative estimate of drug-likeness (QED) is 0.753. The molecule has 0 aliphatic carbocycles. The van der Waals surface area contributed by atoms with Crippen LogP contribution >= 0.6 is 0 Å². The molecule has 0 spiro atoms. The van der Waals surface area contributed by atoms with Gasteiger partial charge < -0.3 is 16.0 Å². The van der Waals surface area contributed by atoms with Gasteiger partial charge >= 0.3 is 0 Å². The smallest absolute Gasteiger partial charge is 0.237 e. The van der Waals surface area contributed by atoms with E-state index in [-0.39, 0.29) is 23.9 Å². The van der Waals surface area contributed by atoms with Gasteiger partial charge in [0.15, 0.2) is 0 Å². The fourth-order valence-corrected chi connectivity index (χ4v) is 2.43. The summed E-state index contributed by atoms with van der Waals surface area (Å²) in [5.74, 6) is 0.237. The highest BCUT2D eigenvalue weighted by Crippen LogP contribution is 2.09. The molecule has 3 N–H and O–H groups in total. The molecule has 1 heterocycles. The average Bonchev–Trinajstić information content (AvgIpc) is 2.37. The summed E-state index contributed by atoms with van der Waals surface area (Å²) in [5.41, 5.74) is 5.93. The van der Waals surface area contributed by atoms with Gasteiger partial charge in [0.05, 0.1) is 6.04 Å². The van der Waals surface area contributed by atoms with Crippen molar-refractivity contribution in [1.29, 1.82) is 0 Å². The molecule has 0 bridgehead atoms. The third-order valence-corrected chi connectivity index (χ3v) is 3.93. The molecular formula is C14H29N3O. The molecule has 0 saturated carbocycles. The molecule has 1 unspecified atom stereocenters. The number of nitrogens with zero attached hydrogens (tertiary/aromatic N) is 1. The van der Waals surface area contributed by atoms with Crippen LogP contribution in [0.4, 0.5) is 0 Å². The number of amides is 1. The Hall–Kier alpha value is -0.610. The summed E-state index contributed by atoms with van der Waals surface area (Å²) in [7, 11) is 0. The lowest BCUT2D eigenvalue weighted by Gasteiger charge is -2.30. The number of rotatable bonds is 6. The lowest BCUT2D eigenvalue weighted by atomic mass is 9.99. The molecule has 1 saturated heterocycles. The first-order valence-corrected chi connectivity index (χ1v) is 7.33. The number of likely N-dealkylation sites (tertiary alicyclic amines) is 1. The molecule has 1 aliphatic heterocycles. The van der Waals surface area contributed by atoms with E-state index in [1.165, 1.54) is 19.3 Å². The summed E-state index contributed by atoms with van der Waals surface area (Å²) < 4.78 is 0. The van der Waals surface area contributed by atoms with E-state index in [2.05, 4.69) is 24.1 Å². The van der Waals surface area contributed by atoms with Crippen LogP contribution in [0.2, 0.25) is 0 Å². The van der Waals surface area contributed by atoms with E-state index < -0.39 is 0 Å². The molecule has 1 amide bonds. The van der Waals surface area contributed by atoms with Crippen molar-refractivity contribution >= 4 is 5.91 Å². The number of carbonyl (C=O) groups excluding carboxylic acids is 1. The lowest BCUT2D eigenvalue weighted by Crippen LogP contribution is -2.50. The standard InChI is InChI=1S/C14H29N3O/c1-4-11(2)13(15)14(18)16-12(3)10-17-8-6-5-7-9-17/h11-13H,4-10,15H2,1-3H3,(H,16,18)/t11-,12?,13-/m0/s1. The number of nitrogens with two attached hydrogens (primary N) is 1. The summed E-state index contributed by atoms with van der Waals surface area (Å²) in [5, 5.41) is 3.04. The van der Waals surface area contributed by atoms with Crippen molar-refractivity contribution < 1.29 is 4.79 Å². The third-order valence-electron chi connectivity index (χ3n) is 3.93. The number of piperidine rings is 1. The topological polar surface area (TPSA) is 58.4 Å². The van der Waals surface area contributed by atoms with Crippen molar-refractivity contribution in [3.05, 3.63) is 0 Å². The Kier molecular flexibility index (Phi) is 6.65. The fraction of sp³-hybridized carbons (Fsp3) is 0.929. The highest BCUT2D eigenvalue weighted by atomic mass is 16.2. The van der Waals surface area contributed by atoms with Gasteiger partial charge in [-0.15, -0.1) is 0 Å². The van der Waals surface area contributed by atoms with Gasteiger partial charge in [-0.25, -0.2) is 0 Å². The summed E-state index contributed by atoms with van der Waals surface area (Å²) >= 11 is 0. The van der Waals surface area contributed by atoms with Crippen molar-refractivity contribution in [2.45, 2.75) is 58.5 Å². The van der Waals surface area contributed by atoms with Gasteiger partial charge in [-0.3, -0.25) is 4.79 Å². The Morgan fingerprint density at radius 1 is 1.28 bits per heavy atom. The molecule has 1 rings (SSSR count). The zero-order valence-electron chi connectivity index (χ0n) is 12.1.